The standard InChI is InChI=1S/C15H18FN3O/c16-12-7-13(17)11-4-1-5-18-14(11)15(12)19-6-2-3-10(8-19)9-20/h1,4-5,7,10,20H,2-3,6,8-9,17H2. The van der Waals surface area contributed by atoms with Crippen LogP contribution in [0.1, 0.15) is 12.8 Å². The maximum atomic E-state index is 14.4. The fourth-order valence-electron chi connectivity index (χ4n) is 2.94. The highest BCUT2D eigenvalue weighted by Gasteiger charge is 2.24. The molecule has 0 aliphatic carbocycles. The van der Waals surface area contributed by atoms with E-state index < -0.39 is 0 Å². The van der Waals surface area contributed by atoms with Gasteiger partial charge < -0.3 is 15.7 Å². The molecule has 1 saturated heterocycles. The minimum atomic E-state index is -0.340. The molecule has 1 aliphatic heterocycles. The first-order valence-corrected chi connectivity index (χ1v) is 6.89. The molecule has 4 nitrogen and oxygen atoms in total. The second kappa shape index (κ2) is 5.25. The summed E-state index contributed by atoms with van der Waals surface area (Å²) in [7, 11) is 0. The lowest BCUT2D eigenvalue weighted by molar-refractivity contribution is 0.208. The molecule has 1 unspecified atom stereocenters. The fourth-order valence-corrected chi connectivity index (χ4v) is 2.94. The molecular weight excluding hydrogens is 257 g/mol. The van der Waals surface area contributed by atoms with Crippen molar-refractivity contribution in [2.24, 2.45) is 5.92 Å². The lowest BCUT2D eigenvalue weighted by Crippen LogP contribution is -2.37. The van der Waals surface area contributed by atoms with E-state index in [0.29, 0.717) is 23.4 Å². The summed E-state index contributed by atoms with van der Waals surface area (Å²) in [6.07, 6.45) is 3.58. The zero-order valence-electron chi connectivity index (χ0n) is 11.2. The Morgan fingerprint density at radius 3 is 3.15 bits per heavy atom. The molecule has 0 amide bonds. The van der Waals surface area contributed by atoms with E-state index in [2.05, 4.69) is 4.98 Å². The summed E-state index contributed by atoms with van der Waals surface area (Å²) in [6, 6.07) is 5.02. The lowest BCUT2D eigenvalue weighted by Gasteiger charge is -2.34. The van der Waals surface area contributed by atoms with Gasteiger partial charge in [0.25, 0.3) is 0 Å². The van der Waals surface area contributed by atoms with Crippen LogP contribution in [0.15, 0.2) is 24.4 Å². The van der Waals surface area contributed by atoms with Gasteiger partial charge in [-0.3, -0.25) is 4.98 Å². The normalized spacial score (nSPS) is 19.5. The number of anilines is 2. The molecule has 1 atom stereocenters. The number of hydrogen-bond donors (Lipinski definition) is 2. The number of hydrogen-bond acceptors (Lipinski definition) is 4. The topological polar surface area (TPSA) is 62.4 Å². The largest absolute Gasteiger partial charge is 0.398 e. The van der Waals surface area contributed by atoms with Crippen LogP contribution in [0.5, 0.6) is 0 Å². The third kappa shape index (κ3) is 2.18. The molecule has 2 aromatic rings. The molecule has 1 aromatic heterocycles. The zero-order chi connectivity index (χ0) is 14.1. The van der Waals surface area contributed by atoms with E-state index in [9.17, 15) is 9.50 Å². The monoisotopic (exact) mass is 275 g/mol. The van der Waals surface area contributed by atoms with Crippen LogP contribution in [0.25, 0.3) is 10.9 Å². The molecule has 2 heterocycles. The van der Waals surface area contributed by atoms with E-state index >= 15 is 0 Å². The number of rotatable bonds is 2. The summed E-state index contributed by atoms with van der Waals surface area (Å²) < 4.78 is 14.4. The van der Waals surface area contributed by atoms with E-state index in [1.807, 2.05) is 11.0 Å². The zero-order valence-corrected chi connectivity index (χ0v) is 11.2. The van der Waals surface area contributed by atoms with E-state index in [4.69, 9.17) is 5.73 Å². The molecule has 0 bridgehead atoms. The van der Waals surface area contributed by atoms with Crippen molar-refractivity contribution in [1.82, 2.24) is 4.98 Å². The van der Waals surface area contributed by atoms with Crippen LogP contribution in [0, 0.1) is 11.7 Å². The van der Waals surface area contributed by atoms with Crippen LogP contribution in [0.2, 0.25) is 0 Å². The van der Waals surface area contributed by atoms with Crippen LogP contribution in [-0.4, -0.2) is 29.8 Å². The van der Waals surface area contributed by atoms with Crippen molar-refractivity contribution in [3.8, 4) is 0 Å². The number of aromatic nitrogens is 1. The molecule has 1 aliphatic rings. The van der Waals surface area contributed by atoms with Gasteiger partial charge in [-0.25, -0.2) is 4.39 Å². The number of fused-ring (bicyclic) bond motifs is 1. The first-order valence-electron chi connectivity index (χ1n) is 6.89. The van der Waals surface area contributed by atoms with Gasteiger partial charge in [0, 0.05) is 37.0 Å². The van der Waals surface area contributed by atoms with Gasteiger partial charge in [-0.05, 0) is 37.0 Å². The molecule has 0 radical (unpaired) electrons. The second-order valence-corrected chi connectivity index (χ2v) is 5.33. The first kappa shape index (κ1) is 13.1. The predicted octanol–water partition coefficient (Wildman–Crippen LogP) is 2.16. The number of nitrogen functional groups attached to an aromatic ring is 1. The minimum absolute atomic E-state index is 0.137. The highest BCUT2D eigenvalue weighted by atomic mass is 19.1. The molecular formula is C15H18FN3O. The molecule has 106 valence electrons. The minimum Gasteiger partial charge on any atom is -0.398 e. The fraction of sp³-hybridized carbons (Fsp3) is 0.400. The van der Waals surface area contributed by atoms with Gasteiger partial charge in [-0.1, -0.05) is 0 Å². The van der Waals surface area contributed by atoms with Crippen LogP contribution in [0.3, 0.4) is 0 Å². The number of nitrogens with zero attached hydrogens (tertiary/aromatic N) is 2. The Hall–Kier alpha value is -1.88. The number of benzene rings is 1. The number of piperidine rings is 1. The van der Waals surface area contributed by atoms with Gasteiger partial charge in [0.05, 0.1) is 11.2 Å². The summed E-state index contributed by atoms with van der Waals surface area (Å²) in [5.41, 5.74) is 7.39. The number of nitrogens with two attached hydrogens (primary N) is 1. The molecule has 0 spiro atoms. The molecule has 1 fully saturated rings. The van der Waals surface area contributed by atoms with Crippen molar-refractivity contribution in [2.45, 2.75) is 12.8 Å². The van der Waals surface area contributed by atoms with Gasteiger partial charge in [0.1, 0.15) is 0 Å². The Kier molecular flexibility index (Phi) is 3.44. The summed E-state index contributed by atoms with van der Waals surface area (Å²) in [4.78, 5) is 6.29. The Morgan fingerprint density at radius 1 is 1.50 bits per heavy atom. The molecule has 5 heteroatoms. The average Bonchev–Trinajstić information content (AvgIpc) is 2.47. The van der Waals surface area contributed by atoms with E-state index in [1.165, 1.54) is 6.07 Å². The van der Waals surface area contributed by atoms with Crippen molar-refractivity contribution in [3.63, 3.8) is 0 Å². The van der Waals surface area contributed by atoms with Crippen molar-refractivity contribution in [2.75, 3.05) is 30.3 Å². The second-order valence-electron chi connectivity index (χ2n) is 5.33. The van der Waals surface area contributed by atoms with Gasteiger partial charge in [-0.2, -0.15) is 0 Å². The van der Waals surface area contributed by atoms with Gasteiger partial charge in [0.2, 0.25) is 0 Å². The summed E-state index contributed by atoms with van der Waals surface area (Å²) in [6.45, 7) is 1.57. The number of aliphatic hydroxyl groups is 1. The van der Waals surface area contributed by atoms with Gasteiger partial charge >= 0.3 is 0 Å². The van der Waals surface area contributed by atoms with E-state index in [-0.39, 0.29) is 18.3 Å². The first-order chi connectivity index (χ1) is 9.70. The van der Waals surface area contributed by atoms with Crippen LogP contribution >= 0.6 is 0 Å². The van der Waals surface area contributed by atoms with Crippen molar-refractivity contribution in [1.29, 1.82) is 0 Å². The Balaban J connectivity index is 2.11. The van der Waals surface area contributed by atoms with Crippen molar-refractivity contribution in [3.05, 3.63) is 30.2 Å². The maximum Gasteiger partial charge on any atom is 0.150 e. The molecule has 3 N–H and O–H groups in total. The highest BCUT2D eigenvalue weighted by molar-refractivity contribution is 5.98. The predicted molar refractivity (Wildman–Crippen MR) is 78.1 cm³/mol. The number of aliphatic hydroxyl groups excluding tert-OH is 1. The Labute approximate surface area is 117 Å². The highest BCUT2D eigenvalue weighted by Crippen LogP contribution is 2.34. The Bertz CT molecular complexity index is 632. The van der Waals surface area contributed by atoms with Crippen molar-refractivity contribution < 1.29 is 9.50 Å². The third-order valence-corrected chi connectivity index (χ3v) is 3.94. The third-order valence-electron chi connectivity index (χ3n) is 3.94. The summed E-state index contributed by atoms with van der Waals surface area (Å²) in [5, 5.41) is 10.1. The quantitative estimate of drug-likeness (QED) is 0.825. The van der Waals surface area contributed by atoms with E-state index in [1.54, 1.807) is 12.3 Å². The number of pyridine rings is 1. The summed E-state index contributed by atoms with van der Waals surface area (Å²) in [5.74, 6) is -0.147. The summed E-state index contributed by atoms with van der Waals surface area (Å²) >= 11 is 0. The molecule has 1 aromatic carbocycles. The molecule has 3 rings (SSSR count). The van der Waals surface area contributed by atoms with Crippen molar-refractivity contribution >= 4 is 22.3 Å². The SMILES string of the molecule is Nc1cc(F)c(N2CCCC(CO)C2)c2ncccc12. The number of halogens is 1. The Morgan fingerprint density at radius 2 is 2.35 bits per heavy atom. The van der Waals surface area contributed by atoms with Gasteiger partial charge in [0.15, 0.2) is 5.82 Å². The maximum absolute atomic E-state index is 14.4. The molecule has 20 heavy (non-hydrogen) atoms. The van der Waals surface area contributed by atoms with Gasteiger partial charge in [-0.15, -0.1) is 0 Å². The molecule has 0 saturated carbocycles. The van der Waals surface area contributed by atoms with Crippen LogP contribution in [0.4, 0.5) is 15.8 Å². The van der Waals surface area contributed by atoms with Crippen LogP contribution < -0.4 is 10.6 Å². The van der Waals surface area contributed by atoms with Crippen LogP contribution in [-0.2, 0) is 0 Å². The average molecular weight is 275 g/mol. The smallest absolute Gasteiger partial charge is 0.150 e. The lowest BCUT2D eigenvalue weighted by atomic mass is 9.98. The van der Waals surface area contributed by atoms with E-state index in [0.717, 1.165) is 24.8 Å².